The Morgan fingerprint density at radius 2 is 2.08 bits per heavy atom. The number of hydrogen-bond acceptors (Lipinski definition) is 2. The molecule has 0 aromatic heterocycles. The Morgan fingerprint density at radius 3 is 2.58 bits per heavy atom. The number of carbonyl (C=O) groups is 1. The minimum Gasteiger partial charge on any atom is -0.294 e. The molecule has 0 N–H and O–H groups in total. The Kier molecular flexibility index (Phi) is 3.86. The highest BCUT2D eigenvalue weighted by Gasteiger charge is 2.16. The van der Waals surface area contributed by atoms with Crippen molar-refractivity contribution in [3.63, 3.8) is 0 Å². The van der Waals surface area contributed by atoms with Crippen molar-refractivity contribution in [3.05, 3.63) is 12.2 Å². The van der Waals surface area contributed by atoms with Gasteiger partial charge in [-0.3, -0.25) is 4.79 Å². The average Bonchev–Trinajstić information content (AvgIpc) is 2.51. The number of ketones is 1. The molecular formula is C10H16OS. The number of rotatable bonds is 4. The maximum absolute atomic E-state index is 11.2. The molecule has 68 valence electrons. The van der Waals surface area contributed by atoms with Crippen LogP contribution in [0.25, 0.3) is 0 Å². The van der Waals surface area contributed by atoms with Crippen molar-refractivity contribution in [3.8, 4) is 0 Å². The second-order valence-electron chi connectivity index (χ2n) is 3.42. The van der Waals surface area contributed by atoms with E-state index in [-0.39, 0.29) is 5.78 Å². The normalized spacial score (nSPS) is 18.1. The maximum atomic E-state index is 11.2. The van der Waals surface area contributed by atoms with Crippen molar-refractivity contribution in [2.45, 2.75) is 37.9 Å². The molecule has 2 heteroatoms. The predicted octanol–water partition coefficient (Wildman–Crippen LogP) is 2.81. The van der Waals surface area contributed by atoms with Gasteiger partial charge >= 0.3 is 0 Å². The van der Waals surface area contributed by atoms with E-state index in [4.69, 9.17) is 0 Å². The lowest BCUT2D eigenvalue weighted by atomic mass is 10.2. The third-order valence-electron chi connectivity index (χ3n) is 2.23. The zero-order valence-corrected chi connectivity index (χ0v) is 8.45. The van der Waals surface area contributed by atoms with Crippen LogP contribution in [-0.4, -0.2) is 16.8 Å². The third kappa shape index (κ3) is 3.02. The van der Waals surface area contributed by atoms with Crippen molar-refractivity contribution in [2.24, 2.45) is 0 Å². The van der Waals surface area contributed by atoms with Crippen molar-refractivity contribution in [1.29, 1.82) is 0 Å². The first-order chi connectivity index (χ1) is 5.70. The van der Waals surface area contributed by atoms with E-state index in [0.29, 0.717) is 11.3 Å². The van der Waals surface area contributed by atoms with Crippen LogP contribution in [0.5, 0.6) is 0 Å². The number of Topliss-reactive ketones (excluding diaryl/α,β-unsaturated/α-hetero) is 1. The molecule has 1 rings (SSSR count). The average molecular weight is 184 g/mol. The molecule has 0 aromatic carbocycles. The summed E-state index contributed by atoms with van der Waals surface area (Å²) >= 11 is 1.81. The highest BCUT2D eigenvalue weighted by atomic mass is 32.2. The van der Waals surface area contributed by atoms with Gasteiger partial charge in [0.1, 0.15) is 0 Å². The lowest BCUT2D eigenvalue weighted by molar-refractivity contribution is -0.113. The van der Waals surface area contributed by atoms with Gasteiger partial charge in [0.25, 0.3) is 0 Å². The Bertz CT molecular complexity index is 180. The zero-order chi connectivity index (χ0) is 8.97. The van der Waals surface area contributed by atoms with Gasteiger partial charge < -0.3 is 0 Å². The lowest BCUT2D eigenvalue weighted by Gasteiger charge is -2.06. The van der Waals surface area contributed by atoms with Crippen LogP contribution in [0.4, 0.5) is 0 Å². The van der Waals surface area contributed by atoms with E-state index in [1.54, 1.807) is 6.92 Å². The van der Waals surface area contributed by atoms with Gasteiger partial charge in [0.2, 0.25) is 0 Å². The van der Waals surface area contributed by atoms with Crippen LogP contribution in [-0.2, 0) is 4.79 Å². The molecule has 0 bridgehead atoms. The second kappa shape index (κ2) is 4.70. The Morgan fingerprint density at radius 1 is 1.50 bits per heavy atom. The summed E-state index contributed by atoms with van der Waals surface area (Å²) in [5.74, 6) is 0.854. The summed E-state index contributed by atoms with van der Waals surface area (Å²) in [4.78, 5) is 11.2. The van der Waals surface area contributed by atoms with E-state index >= 15 is 0 Å². The van der Waals surface area contributed by atoms with Crippen molar-refractivity contribution < 1.29 is 4.79 Å². The minimum atomic E-state index is 0.215. The molecule has 0 unspecified atom stereocenters. The van der Waals surface area contributed by atoms with Gasteiger partial charge in [0.05, 0.1) is 5.75 Å². The highest BCUT2D eigenvalue weighted by molar-refractivity contribution is 8.00. The van der Waals surface area contributed by atoms with Crippen LogP contribution in [0.3, 0.4) is 0 Å². The van der Waals surface area contributed by atoms with Gasteiger partial charge in [-0.1, -0.05) is 19.4 Å². The van der Waals surface area contributed by atoms with E-state index in [0.717, 1.165) is 5.25 Å². The standard InChI is InChI=1S/C10H16OS/c1-8(2)10(11)7-12-9-5-3-4-6-9/h9H,1,3-7H2,2H3. The van der Waals surface area contributed by atoms with E-state index < -0.39 is 0 Å². The molecular weight excluding hydrogens is 168 g/mol. The fraction of sp³-hybridized carbons (Fsp3) is 0.700. The third-order valence-corrected chi connectivity index (χ3v) is 3.60. The van der Waals surface area contributed by atoms with Crippen LogP contribution >= 0.6 is 11.8 Å². The van der Waals surface area contributed by atoms with E-state index in [9.17, 15) is 4.79 Å². The highest BCUT2D eigenvalue weighted by Crippen LogP contribution is 2.29. The van der Waals surface area contributed by atoms with Gasteiger partial charge in [0, 0.05) is 5.25 Å². The molecule has 1 nitrogen and oxygen atoms in total. The number of thioether (sulfide) groups is 1. The Balaban J connectivity index is 2.16. The van der Waals surface area contributed by atoms with Crippen LogP contribution in [0.2, 0.25) is 0 Å². The van der Waals surface area contributed by atoms with Gasteiger partial charge in [0.15, 0.2) is 5.78 Å². The van der Waals surface area contributed by atoms with Crippen LogP contribution in [0.1, 0.15) is 32.6 Å². The van der Waals surface area contributed by atoms with Gasteiger partial charge in [-0.25, -0.2) is 0 Å². The molecule has 0 heterocycles. The van der Waals surface area contributed by atoms with Gasteiger partial charge in [-0.05, 0) is 25.3 Å². The first-order valence-corrected chi connectivity index (χ1v) is 5.55. The zero-order valence-electron chi connectivity index (χ0n) is 7.64. The smallest absolute Gasteiger partial charge is 0.167 e. The molecule has 0 saturated heterocycles. The van der Waals surface area contributed by atoms with Crippen molar-refractivity contribution >= 4 is 17.5 Å². The molecule has 0 radical (unpaired) electrons. The molecule has 0 aromatic rings. The largest absolute Gasteiger partial charge is 0.294 e. The van der Waals surface area contributed by atoms with Gasteiger partial charge in [-0.15, -0.1) is 0 Å². The summed E-state index contributed by atoms with van der Waals surface area (Å²) in [6.45, 7) is 5.43. The molecule has 0 aliphatic heterocycles. The minimum absolute atomic E-state index is 0.215. The first-order valence-electron chi connectivity index (χ1n) is 4.50. The molecule has 1 aliphatic rings. The molecule has 1 aliphatic carbocycles. The van der Waals surface area contributed by atoms with E-state index in [1.807, 2.05) is 11.8 Å². The number of hydrogen-bond donors (Lipinski definition) is 0. The Labute approximate surface area is 78.6 Å². The first kappa shape index (κ1) is 9.85. The predicted molar refractivity (Wildman–Crippen MR) is 54.5 cm³/mol. The topological polar surface area (TPSA) is 17.1 Å². The van der Waals surface area contributed by atoms with Crippen molar-refractivity contribution in [2.75, 3.05) is 5.75 Å². The summed E-state index contributed by atoms with van der Waals surface area (Å²) in [6.07, 6.45) is 5.29. The second-order valence-corrected chi connectivity index (χ2v) is 4.71. The van der Waals surface area contributed by atoms with E-state index in [2.05, 4.69) is 6.58 Å². The van der Waals surface area contributed by atoms with Crippen LogP contribution in [0.15, 0.2) is 12.2 Å². The fourth-order valence-electron chi connectivity index (χ4n) is 1.37. The summed E-state index contributed by atoms with van der Waals surface area (Å²) < 4.78 is 0. The summed E-state index contributed by atoms with van der Waals surface area (Å²) in [5.41, 5.74) is 0.695. The fourth-order valence-corrected chi connectivity index (χ4v) is 2.67. The molecule has 12 heavy (non-hydrogen) atoms. The number of allylic oxidation sites excluding steroid dienone is 1. The SMILES string of the molecule is C=C(C)C(=O)CSC1CCCC1. The van der Waals surface area contributed by atoms with Crippen LogP contribution in [0, 0.1) is 0 Å². The van der Waals surface area contributed by atoms with Gasteiger partial charge in [-0.2, -0.15) is 11.8 Å². The molecule has 1 saturated carbocycles. The molecule has 1 fully saturated rings. The van der Waals surface area contributed by atoms with Crippen molar-refractivity contribution in [1.82, 2.24) is 0 Å². The molecule has 0 amide bonds. The quantitative estimate of drug-likeness (QED) is 0.625. The van der Waals surface area contributed by atoms with E-state index in [1.165, 1.54) is 25.7 Å². The summed E-state index contributed by atoms with van der Waals surface area (Å²) in [6, 6.07) is 0. The summed E-state index contributed by atoms with van der Waals surface area (Å²) in [5, 5.41) is 0.744. The molecule has 0 spiro atoms. The lowest BCUT2D eigenvalue weighted by Crippen LogP contribution is -2.06. The summed E-state index contributed by atoms with van der Waals surface area (Å²) in [7, 11) is 0. The number of carbonyl (C=O) groups excluding carboxylic acids is 1. The molecule has 0 atom stereocenters. The monoisotopic (exact) mass is 184 g/mol. The maximum Gasteiger partial charge on any atom is 0.167 e. The Hall–Kier alpha value is -0.240. The van der Waals surface area contributed by atoms with Crippen LogP contribution < -0.4 is 0 Å².